The number of carbonyl (C=O) groups excluding carboxylic acids is 2. The van der Waals surface area contributed by atoms with E-state index in [1.807, 2.05) is 25.1 Å². The van der Waals surface area contributed by atoms with Crippen molar-refractivity contribution in [2.75, 3.05) is 78.7 Å². The number of sulfonamides is 1. The molecule has 0 atom stereocenters. The van der Waals surface area contributed by atoms with Crippen LogP contribution in [0.15, 0.2) is 48.7 Å². The van der Waals surface area contributed by atoms with E-state index >= 15 is 0 Å². The minimum absolute atomic E-state index is 0.0304. The van der Waals surface area contributed by atoms with Gasteiger partial charge < -0.3 is 40.3 Å². The van der Waals surface area contributed by atoms with Crippen LogP contribution < -0.4 is 34.8 Å². The van der Waals surface area contributed by atoms with Crippen LogP contribution in [0.25, 0.3) is 0 Å². The fraction of sp³-hybridized carbons (Fsp3) is 0.406. The Hall–Kier alpha value is -5.16. The summed E-state index contributed by atoms with van der Waals surface area (Å²) in [5, 5.41) is 16.8. The second-order valence-electron chi connectivity index (χ2n) is 11.4. The summed E-state index contributed by atoms with van der Waals surface area (Å²) >= 11 is 0. The number of hydrogen-bond acceptors (Lipinski definition) is 11. The number of nitrogens with one attached hydrogen (secondary N) is 3. The van der Waals surface area contributed by atoms with E-state index in [0.717, 1.165) is 16.2 Å². The van der Waals surface area contributed by atoms with E-state index < -0.39 is 16.1 Å². The Morgan fingerprint density at radius 3 is 2.45 bits per heavy atom. The predicted molar refractivity (Wildman–Crippen MR) is 184 cm³/mol. The SMILES string of the molecule is CCOc1cc(N2CCC(C(=O)NCCOCCNC(=O)O)CC2)ccc1Nc1ncc2c(n1)N(S(C)(=O)=O)c1ccccc1C(=O)N2C. The zero-order chi connectivity index (χ0) is 35.1. The number of anilines is 6. The average molecular weight is 697 g/mol. The average Bonchev–Trinajstić information content (AvgIpc) is 3.16. The number of piperidine rings is 1. The molecule has 3 aromatic rings. The van der Waals surface area contributed by atoms with Gasteiger partial charge in [0.05, 0.1) is 49.2 Å². The maximum Gasteiger partial charge on any atom is 0.404 e. The highest BCUT2D eigenvalue weighted by atomic mass is 32.2. The Bertz CT molecular complexity index is 1800. The van der Waals surface area contributed by atoms with E-state index in [1.165, 1.54) is 11.1 Å². The highest BCUT2D eigenvalue weighted by molar-refractivity contribution is 7.92. The van der Waals surface area contributed by atoms with E-state index in [4.69, 9.17) is 14.6 Å². The first-order chi connectivity index (χ1) is 23.5. The lowest BCUT2D eigenvalue weighted by Crippen LogP contribution is -2.41. The van der Waals surface area contributed by atoms with Crippen LogP contribution in [0.5, 0.6) is 5.75 Å². The minimum Gasteiger partial charge on any atom is -0.492 e. The monoisotopic (exact) mass is 696 g/mol. The molecule has 2 aromatic carbocycles. The van der Waals surface area contributed by atoms with Gasteiger partial charge in [0, 0.05) is 50.9 Å². The molecular formula is C32H40N8O8S. The molecule has 2 aliphatic heterocycles. The van der Waals surface area contributed by atoms with Crippen molar-refractivity contribution in [3.63, 3.8) is 0 Å². The third kappa shape index (κ3) is 8.29. The number of fused-ring (bicyclic) bond motifs is 2. The number of para-hydroxylation sites is 1. The molecule has 49 heavy (non-hydrogen) atoms. The third-order valence-corrected chi connectivity index (χ3v) is 9.14. The first-order valence-corrected chi connectivity index (χ1v) is 17.7. The molecule has 16 nitrogen and oxygen atoms in total. The van der Waals surface area contributed by atoms with Gasteiger partial charge in [0.15, 0.2) is 5.82 Å². The lowest BCUT2D eigenvalue weighted by molar-refractivity contribution is -0.125. The van der Waals surface area contributed by atoms with Crippen molar-refractivity contribution in [2.45, 2.75) is 19.8 Å². The zero-order valence-electron chi connectivity index (χ0n) is 27.5. The smallest absolute Gasteiger partial charge is 0.404 e. The molecule has 5 rings (SSSR count). The van der Waals surface area contributed by atoms with Crippen molar-refractivity contribution in [3.05, 3.63) is 54.2 Å². The van der Waals surface area contributed by atoms with E-state index in [1.54, 1.807) is 31.3 Å². The fourth-order valence-corrected chi connectivity index (χ4v) is 6.68. The molecule has 1 aromatic heterocycles. The minimum atomic E-state index is -3.91. The van der Waals surface area contributed by atoms with Gasteiger partial charge in [-0.15, -0.1) is 0 Å². The standard InChI is InChI=1S/C32H40N8O8S/c1-4-48-27-19-22(39-15-11-21(12-16-39)29(41)33-13-17-47-18-14-34-32(43)44)9-10-24(27)36-31-35-20-26-28(37-31)40(49(3,45)46)25-8-6-5-7-23(25)30(42)38(26)2/h5-10,19-21,34H,4,11-18H2,1-3H3,(H,33,41)(H,43,44)(H,35,36,37). The lowest BCUT2D eigenvalue weighted by Gasteiger charge is -2.33. The summed E-state index contributed by atoms with van der Waals surface area (Å²) in [5.74, 6) is 0.125. The molecule has 3 heterocycles. The van der Waals surface area contributed by atoms with Crippen molar-refractivity contribution in [2.24, 2.45) is 5.92 Å². The number of benzene rings is 2. The number of ether oxygens (including phenoxy) is 2. The van der Waals surface area contributed by atoms with E-state index in [2.05, 4.69) is 30.8 Å². The van der Waals surface area contributed by atoms with Crippen molar-refractivity contribution in [3.8, 4) is 5.75 Å². The quantitative estimate of drug-likeness (QED) is 0.191. The molecular weight excluding hydrogens is 656 g/mol. The molecule has 3 amide bonds. The fourth-order valence-electron chi connectivity index (χ4n) is 5.71. The first-order valence-electron chi connectivity index (χ1n) is 15.8. The Morgan fingerprint density at radius 1 is 1.04 bits per heavy atom. The largest absolute Gasteiger partial charge is 0.492 e. The number of nitrogens with zero attached hydrogens (tertiary/aromatic N) is 5. The number of carboxylic acid groups (broad SMARTS) is 1. The van der Waals surface area contributed by atoms with E-state index in [-0.39, 0.29) is 59.6 Å². The van der Waals surface area contributed by atoms with Gasteiger partial charge in [-0.05, 0) is 44.0 Å². The summed E-state index contributed by atoms with van der Waals surface area (Å²) in [6.45, 7) is 4.64. The zero-order valence-corrected chi connectivity index (χ0v) is 28.3. The van der Waals surface area contributed by atoms with Crippen LogP contribution in [0.4, 0.5) is 39.3 Å². The summed E-state index contributed by atoms with van der Waals surface area (Å²) in [7, 11) is -2.37. The van der Waals surface area contributed by atoms with Gasteiger partial charge >= 0.3 is 6.09 Å². The first kappa shape index (κ1) is 35.2. The summed E-state index contributed by atoms with van der Waals surface area (Å²) in [4.78, 5) is 48.9. The van der Waals surface area contributed by atoms with Crippen molar-refractivity contribution in [1.82, 2.24) is 20.6 Å². The molecule has 4 N–H and O–H groups in total. The lowest BCUT2D eigenvalue weighted by atomic mass is 9.95. The van der Waals surface area contributed by atoms with Crippen molar-refractivity contribution < 1.29 is 37.4 Å². The third-order valence-electron chi connectivity index (χ3n) is 8.10. The maximum absolute atomic E-state index is 13.2. The molecule has 0 bridgehead atoms. The summed E-state index contributed by atoms with van der Waals surface area (Å²) < 4.78 is 38.5. The maximum atomic E-state index is 13.2. The number of aromatic nitrogens is 2. The van der Waals surface area contributed by atoms with Crippen LogP contribution in [-0.2, 0) is 19.6 Å². The topological polar surface area (TPSA) is 196 Å². The summed E-state index contributed by atoms with van der Waals surface area (Å²) in [5.41, 5.74) is 2.12. The van der Waals surface area contributed by atoms with Crippen LogP contribution in [0.3, 0.4) is 0 Å². The molecule has 262 valence electrons. The van der Waals surface area contributed by atoms with Crippen molar-refractivity contribution in [1.29, 1.82) is 0 Å². The second kappa shape index (κ2) is 15.4. The predicted octanol–water partition coefficient (Wildman–Crippen LogP) is 2.92. The molecule has 0 saturated carbocycles. The molecule has 0 spiro atoms. The van der Waals surface area contributed by atoms with Gasteiger partial charge in [-0.1, -0.05) is 12.1 Å². The van der Waals surface area contributed by atoms with Crippen molar-refractivity contribution >= 4 is 62.4 Å². The summed E-state index contributed by atoms with van der Waals surface area (Å²) in [6, 6.07) is 12.1. The van der Waals surface area contributed by atoms with Gasteiger partial charge in [-0.3, -0.25) is 9.59 Å². The highest BCUT2D eigenvalue weighted by Crippen LogP contribution is 2.41. The Kier molecular flexibility index (Phi) is 11.0. The Labute approximate surface area is 284 Å². The normalized spacial score (nSPS) is 14.8. The molecule has 0 radical (unpaired) electrons. The molecule has 1 saturated heterocycles. The highest BCUT2D eigenvalue weighted by Gasteiger charge is 2.35. The van der Waals surface area contributed by atoms with E-state index in [9.17, 15) is 22.8 Å². The van der Waals surface area contributed by atoms with Crippen LogP contribution >= 0.6 is 0 Å². The molecule has 1 fully saturated rings. The van der Waals surface area contributed by atoms with Crippen LogP contribution in [0, 0.1) is 5.92 Å². The van der Waals surface area contributed by atoms with Crippen LogP contribution in [-0.4, -0.2) is 101 Å². The second-order valence-corrected chi connectivity index (χ2v) is 13.3. The number of hydrogen-bond donors (Lipinski definition) is 4. The number of rotatable bonds is 13. The molecule has 2 aliphatic rings. The van der Waals surface area contributed by atoms with Crippen LogP contribution in [0.2, 0.25) is 0 Å². The van der Waals surface area contributed by atoms with Gasteiger partial charge in [0.1, 0.15) is 11.4 Å². The molecule has 17 heteroatoms. The van der Waals surface area contributed by atoms with Gasteiger partial charge in [-0.2, -0.15) is 4.98 Å². The van der Waals surface area contributed by atoms with Gasteiger partial charge in [0.2, 0.25) is 21.9 Å². The van der Waals surface area contributed by atoms with Crippen LogP contribution in [0.1, 0.15) is 30.1 Å². The molecule has 0 unspecified atom stereocenters. The Balaban J connectivity index is 1.26. The van der Waals surface area contributed by atoms with Gasteiger partial charge in [0.25, 0.3) is 5.91 Å². The summed E-state index contributed by atoms with van der Waals surface area (Å²) in [6.07, 6.45) is 2.69. The number of carbonyl (C=O) groups is 3. The van der Waals surface area contributed by atoms with Gasteiger partial charge in [-0.25, -0.2) is 22.5 Å². The number of amides is 3. The van der Waals surface area contributed by atoms with E-state index in [0.29, 0.717) is 57.1 Å². The Morgan fingerprint density at radius 2 is 1.76 bits per heavy atom. The molecule has 0 aliphatic carbocycles.